The number of rotatable bonds is 2. The van der Waals surface area contributed by atoms with Crippen LogP contribution in [-0.2, 0) is 12.8 Å². The van der Waals surface area contributed by atoms with E-state index < -0.39 is 0 Å². The van der Waals surface area contributed by atoms with Crippen LogP contribution >= 0.6 is 27.5 Å². The van der Waals surface area contributed by atoms with Crippen molar-refractivity contribution in [3.05, 3.63) is 62.6 Å². The van der Waals surface area contributed by atoms with E-state index in [4.69, 9.17) is 16.9 Å². The van der Waals surface area contributed by atoms with Gasteiger partial charge in [0, 0.05) is 10.5 Å². The van der Waals surface area contributed by atoms with Gasteiger partial charge < -0.3 is 5.32 Å². The number of benzene rings is 2. The molecule has 1 atom stereocenters. The lowest BCUT2D eigenvalue weighted by molar-refractivity contribution is 0.610. The topological polar surface area (TPSA) is 35.8 Å². The lowest BCUT2D eigenvalue weighted by Crippen LogP contribution is -2.27. The van der Waals surface area contributed by atoms with E-state index in [-0.39, 0.29) is 0 Å². The third kappa shape index (κ3) is 3.23. The summed E-state index contributed by atoms with van der Waals surface area (Å²) in [5.74, 6) is 0. The first kappa shape index (κ1) is 14.4. The van der Waals surface area contributed by atoms with Crippen LogP contribution in [0, 0.1) is 11.3 Å². The van der Waals surface area contributed by atoms with Crippen molar-refractivity contribution < 1.29 is 0 Å². The van der Waals surface area contributed by atoms with E-state index in [0.717, 1.165) is 29.4 Å². The van der Waals surface area contributed by atoms with Crippen LogP contribution < -0.4 is 5.32 Å². The maximum absolute atomic E-state index is 8.99. The van der Waals surface area contributed by atoms with Crippen molar-refractivity contribution in [1.82, 2.24) is 0 Å². The van der Waals surface area contributed by atoms with Crippen LogP contribution in [-0.4, -0.2) is 6.04 Å². The van der Waals surface area contributed by atoms with Crippen LogP contribution in [0.4, 0.5) is 5.69 Å². The average molecular weight is 362 g/mol. The highest BCUT2D eigenvalue weighted by Gasteiger charge is 2.19. The lowest BCUT2D eigenvalue weighted by Gasteiger charge is -2.27. The second kappa shape index (κ2) is 6.09. The number of nitrogens with one attached hydrogen (secondary N) is 1. The Morgan fingerprint density at radius 1 is 1.19 bits per heavy atom. The Morgan fingerprint density at radius 3 is 2.86 bits per heavy atom. The number of halogens is 2. The molecule has 0 fully saturated rings. The van der Waals surface area contributed by atoms with Crippen molar-refractivity contribution in [3.8, 4) is 6.07 Å². The van der Waals surface area contributed by atoms with Crippen LogP contribution in [0.25, 0.3) is 0 Å². The molecule has 2 aromatic carbocycles. The molecule has 0 aliphatic heterocycles. The largest absolute Gasteiger partial charge is 0.381 e. The van der Waals surface area contributed by atoms with Crippen molar-refractivity contribution in [2.24, 2.45) is 0 Å². The maximum Gasteiger partial charge on any atom is 0.0992 e. The summed E-state index contributed by atoms with van der Waals surface area (Å²) in [4.78, 5) is 0. The lowest BCUT2D eigenvalue weighted by atomic mass is 9.88. The molecule has 1 unspecified atom stereocenters. The van der Waals surface area contributed by atoms with Crippen molar-refractivity contribution in [2.45, 2.75) is 25.3 Å². The number of fused-ring (bicyclic) bond motifs is 1. The summed E-state index contributed by atoms with van der Waals surface area (Å²) in [5.41, 5.74) is 4.28. The molecule has 1 aliphatic carbocycles. The zero-order chi connectivity index (χ0) is 14.8. The van der Waals surface area contributed by atoms with Gasteiger partial charge in [0.05, 0.1) is 22.3 Å². The highest BCUT2D eigenvalue weighted by Crippen LogP contribution is 2.29. The van der Waals surface area contributed by atoms with Gasteiger partial charge in [0.1, 0.15) is 0 Å². The first-order valence-corrected chi connectivity index (χ1v) is 8.06. The fourth-order valence-corrected chi connectivity index (χ4v) is 3.35. The Morgan fingerprint density at radius 2 is 2.05 bits per heavy atom. The van der Waals surface area contributed by atoms with Gasteiger partial charge in [-0.05, 0) is 60.7 Å². The third-order valence-electron chi connectivity index (χ3n) is 3.85. The Kier molecular flexibility index (Phi) is 4.19. The highest BCUT2D eigenvalue weighted by atomic mass is 79.9. The van der Waals surface area contributed by atoms with Gasteiger partial charge in [0.25, 0.3) is 0 Å². The van der Waals surface area contributed by atoms with Crippen LogP contribution in [0.15, 0.2) is 40.9 Å². The number of hydrogen-bond donors (Lipinski definition) is 1. The molecule has 0 aromatic heterocycles. The summed E-state index contributed by atoms with van der Waals surface area (Å²) in [6.45, 7) is 0. The summed E-state index contributed by atoms with van der Waals surface area (Å²) >= 11 is 9.74. The molecule has 4 heteroatoms. The second-order valence-electron chi connectivity index (χ2n) is 5.30. The zero-order valence-electron chi connectivity index (χ0n) is 11.4. The zero-order valence-corrected chi connectivity index (χ0v) is 13.7. The Hall–Kier alpha value is -1.50. The predicted molar refractivity (Wildman–Crippen MR) is 89.7 cm³/mol. The summed E-state index contributed by atoms with van der Waals surface area (Å²) in [5, 5.41) is 13.1. The minimum atomic E-state index is 0.352. The molecule has 3 rings (SSSR count). The van der Waals surface area contributed by atoms with Gasteiger partial charge in [-0.15, -0.1) is 0 Å². The second-order valence-corrected chi connectivity index (χ2v) is 6.63. The summed E-state index contributed by atoms with van der Waals surface area (Å²) in [6.07, 6.45) is 3.11. The van der Waals surface area contributed by atoms with Crippen molar-refractivity contribution in [1.29, 1.82) is 5.26 Å². The molecule has 2 aromatic rings. The SMILES string of the molecule is N#Cc1ccc(Cl)c(NC2CCc3cc(Br)ccc3C2)c1. The fourth-order valence-electron chi connectivity index (χ4n) is 2.77. The van der Waals surface area contributed by atoms with Crippen molar-refractivity contribution in [3.63, 3.8) is 0 Å². The number of nitrogens with zero attached hydrogens (tertiary/aromatic N) is 1. The molecule has 0 saturated heterocycles. The van der Waals surface area contributed by atoms with E-state index in [1.54, 1.807) is 12.1 Å². The third-order valence-corrected chi connectivity index (χ3v) is 4.67. The number of aryl methyl sites for hydroxylation is 1. The van der Waals surface area contributed by atoms with Gasteiger partial charge in [-0.3, -0.25) is 0 Å². The molecule has 1 N–H and O–H groups in total. The van der Waals surface area contributed by atoms with E-state index in [9.17, 15) is 0 Å². The Labute approximate surface area is 137 Å². The van der Waals surface area contributed by atoms with E-state index in [0.29, 0.717) is 16.6 Å². The number of hydrogen-bond acceptors (Lipinski definition) is 2. The number of anilines is 1. The first-order valence-electron chi connectivity index (χ1n) is 6.89. The van der Waals surface area contributed by atoms with Gasteiger partial charge in [-0.2, -0.15) is 5.26 Å². The molecule has 21 heavy (non-hydrogen) atoms. The molecule has 1 aliphatic rings. The smallest absolute Gasteiger partial charge is 0.0992 e. The predicted octanol–water partition coefficient (Wildman–Crippen LogP) is 4.94. The van der Waals surface area contributed by atoms with Crippen molar-refractivity contribution in [2.75, 3.05) is 5.32 Å². The Bertz CT molecular complexity index is 721. The van der Waals surface area contributed by atoms with Gasteiger partial charge in [-0.25, -0.2) is 0 Å². The molecule has 0 heterocycles. The standard InChI is InChI=1S/C17H14BrClN2/c18-14-4-2-13-9-15(5-3-12(13)8-14)21-17-7-11(10-20)1-6-16(17)19/h1-2,4,6-8,15,21H,3,5,9H2. The molecule has 0 saturated carbocycles. The molecule has 0 spiro atoms. The van der Waals surface area contributed by atoms with Crippen LogP contribution in [0.3, 0.4) is 0 Å². The quantitative estimate of drug-likeness (QED) is 0.822. The molecule has 0 bridgehead atoms. The maximum atomic E-state index is 8.99. The highest BCUT2D eigenvalue weighted by molar-refractivity contribution is 9.10. The summed E-state index contributed by atoms with van der Waals surface area (Å²) in [7, 11) is 0. The van der Waals surface area contributed by atoms with Gasteiger partial charge >= 0.3 is 0 Å². The Balaban J connectivity index is 1.78. The molecule has 2 nitrogen and oxygen atoms in total. The van der Waals surface area contributed by atoms with Crippen LogP contribution in [0.2, 0.25) is 5.02 Å². The van der Waals surface area contributed by atoms with Gasteiger partial charge in [0.15, 0.2) is 0 Å². The summed E-state index contributed by atoms with van der Waals surface area (Å²) in [6, 6.07) is 14.3. The fraction of sp³-hybridized carbons (Fsp3) is 0.235. The van der Waals surface area contributed by atoms with Crippen LogP contribution in [0.5, 0.6) is 0 Å². The monoisotopic (exact) mass is 360 g/mol. The first-order chi connectivity index (χ1) is 10.2. The van der Waals surface area contributed by atoms with E-state index >= 15 is 0 Å². The van der Waals surface area contributed by atoms with E-state index in [2.05, 4.69) is 45.5 Å². The molecular weight excluding hydrogens is 348 g/mol. The molecule has 0 amide bonds. The van der Waals surface area contributed by atoms with Gasteiger partial charge in [-0.1, -0.05) is 33.6 Å². The average Bonchev–Trinajstić information content (AvgIpc) is 2.49. The molecule has 106 valence electrons. The van der Waals surface area contributed by atoms with E-state index in [1.165, 1.54) is 11.1 Å². The van der Waals surface area contributed by atoms with Crippen LogP contribution in [0.1, 0.15) is 23.1 Å². The molecular formula is C17H14BrClN2. The van der Waals surface area contributed by atoms with Gasteiger partial charge in [0.2, 0.25) is 0 Å². The van der Waals surface area contributed by atoms with E-state index in [1.807, 2.05) is 6.07 Å². The normalized spacial score (nSPS) is 16.9. The van der Waals surface area contributed by atoms with Crippen molar-refractivity contribution >= 4 is 33.2 Å². The minimum absolute atomic E-state index is 0.352. The molecule has 0 radical (unpaired) electrons. The minimum Gasteiger partial charge on any atom is -0.381 e. The number of nitriles is 1. The summed E-state index contributed by atoms with van der Waals surface area (Å²) < 4.78 is 1.14.